The second kappa shape index (κ2) is 8.39. The Balaban J connectivity index is 1.73. The lowest BCUT2D eigenvalue weighted by atomic mass is 9.91. The molecule has 5 aromatic rings. The van der Waals surface area contributed by atoms with E-state index in [-0.39, 0.29) is 5.92 Å². The first-order chi connectivity index (χ1) is 16.0. The Kier molecular flexibility index (Phi) is 5.26. The van der Waals surface area contributed by atoms with E-state index in [2.05, 4.69) is 37.3 Å². The summed E-state index contributed by atoms with van der Waals surface area (Å²) in [5.74, 6) is 1.73. The first-order valence-corrected chi connectivity index (χ1v) is 11.0. The summed E-state index contributed by atoms with van der Waals surface area (Å²) in [6.07, 6.45) is 0.943. The van der Waals surface area contributed by atoms with Gasteiger partial charge in [-0.2, -0.15) is 5.10 Å². The molecule has 6 nitrogen and oxygen atoms in total. The summed E-state index contributed by atoms with van der Waals surface area (Å²) >= 11 is 0. The van der Waals surface area contributed by atoms with Gasteiger partial charge in [0, 0.05) is 23.7 Å². The molecule has 33 heavy (non-hydrogen) atoms. The average molecular weight is 435 g/mol. The predicted molar refractivity (Wildman–Crippen MR) is 134 cm³/mol. The number of nitrogens with two attached hydrogens (primary N) is 2. The summed E-state index contributed by atoms with van der Waals surface area (Å²) in [4.78, 5) is 9.78. The summed E-state index contributed by atoms with van der Waals surface area (Å²) in [5, 5.41) is 6.56. The summed E-state index contributed by atoms with van der Waals surface area (Å²) in [5.41, 5.74) is 17.3. The van der Waals surface area contributed by atoms with E-state index in [0.717, 1.165) is 39.8 Å². The Bertz CT molecular complexity index is 1440. The lowest BCUT2D eigenvalue weighted by molar-refractivity contribution is 0.680. The normalized spacial score (nSPS) is 12.2. The van der Waals surface area contributed by atoms with Gasteiger partial charge >= 0.3 is 0 Å². The highest BCUT2D eigenvalue weighted by Crippen LogP contribution is 2.34. The van der Waals surface area contributed by atoms with Crippen LogP contribution >= 0.6 is 0 Å². The van der Waals surface area contributed by atoms with Crippen LogP contribution in [0.5, 0.6) is 0 Å². The van der Waals surface area contributed by atoms with Crippen LogP contribution in [0.4, 0.5) is 11.5 Å². The van der Waals surface area contributed by atoms with Crippen molar-refractivity contribution in [1.29, 1.82) is 0 Å². The van der Waals surface area contributed by atoms with Crippen LogP contribution in [-0.4, -0.2) is 19.7 Å². The van der Waals surface area contributed by atoms with E-state index in [9.17, 15) is 0 Å². The van der Waals surface area contributed by atoms with Gasteiger partial charge in [0.05, 0.1) is 11.6 Å². The largest absolute Gasteiger partial charge is 0.399 e. The molecule has 0 radical (unpaired) electrons. The number of hydrogen-bond acceptors (Lipinski definition) is 5. The Morgan fingerprint density at radius 2 is 1.70 bits per heavy atom. The number of benzene rings is 3. The molecule has 6 heteroatoms. The van der Waals surface area contributed by atoms with E-state index in [1.807, 2.05) is 60.3 Å². The Hall–Kier alpha value is -4.19. The van der Waals surface area contributed by atoms with Crippen molar-refractivity contribution in [2.45, 2.75) is 19.3 Å². The zero-order chi connectivity index (χ0) is 22.9. The minimum Gasteiger partial charge on any atom is -0.399 e. The third-order valence-corrected chi connectivity index (χ3v) is 5.98. The van der Waals surface area contributed by atoms with Crippen LogP contribution in [0, 0.1) is 0 Å². The number of anilines is 2. The van der Waals surface area contributed by atoms with Gasteiger partial charge in [-0.1, -0.05) is 61.5 Å². The van der Waals surface area contributed by atoms with Crippen LogP contribution < -0.4 is 11.5 Å². The van der Waals surface area contributed by atoms with Crippen LogP contribution in [0.1, 0.15) is 35.5 Å². The van der Waals surface area contributed by atoms with Crippen molar-refractivity contribution < 1.29 is 0 Å². The number of nitrogen functional groups attached to an aromatic ring is 2. The maximum absolute atomic E-state index is 6.40. The number of rotatable bonds is 5. The van der Waals surface area contributed by atoms with E-state index in [1.54, 1.807) is 0 Å². The average Bonchev–Trinajstić information content (AvgIpc) is 3.21. The zero-order valence-corrected chi connectivity index (χ0v) is 18.7. The first kappa shape index (κ1) is 20.7. The minimum absolute atomic E-state index is 0.236. The van der Waals surface area contributed by atoms with E-state index in [0.29, 0.717) is 17.3 Å². The predicted octanol–water partition coefficient (Wildman–Crippen LogP) is 4.94. The van der Waals surface area contributed by atoms with Crippen molar-refractivity contribution in [2.24, 2.45) is 7.05 Å². The summed E-state index contributed by atoms with van der Waals surface area (Å²) in [6, 6.07) is 26.3. The van der Waals surface area contributed by atoms with Crippen LogP contribution in [-0.2, 0) is 13.5 Å². The van der Waals surface area contributed by atoms with E-state index >= 15 is 0 Å². The molecule has 1 atom stereocenters. The highest BCUT2D eigenvalue weighted by atomic mass is 15.3. The number of pyridine rings is 1. The molecule has 2 aromatic heterocycles. The molecule has 0 saturated carbocycles. The SMILES string of the molecule is CCc1cccc(C(c2cc3cc(N)ccc3c(N)n2)c2nc(-c3ccccc3)nn2C)c1. The Labute approximate surface area is 192 Å². The maximum atomic E-state index is 6.40. The monoisotopic (exact) mass is 434 g/mol. The molecule has 0 amide bonds. The van der Waals surface area contributed by atoms with Crippen molar-refractivity contribution in [3.63, 3.8) is 0 Å². The highest BCUT2D eigenvalue weighted by Gasteiger charge is 2.26. The van der Waals surface area contributed by atoms with Crippen LogP contribution in [0.2, 0.25) is 0 Å². The molecule has 1 unspecified atom stereocenters. The van der Waals surface area contributed by atoms with Gasteiger partial charge < -0.3 is 11.5 Å². The molecular formula is C27H26N6. The van der Waals surface area contributed by atoms with E-state index in [4.69, 9.17) is 26.5 Å². The van der Waals surface area contributed by atoms with Gasteiger partial charge in [-0.15, -0.1) is 0 Å². The molecular weight excluding hydrogens is 408 g/mol. The smallest absolute Gasteiger partial charge is 0.181 e. The van der Waals surface area contributed by atoms with Gasteiger partial charge in [-0.25, -0.2) is 9.97 Å². The van der Waals surface area contributed by atoms with Gasteiger partial charge in [-0.05, 0) is 47.2 Å². The summed E-state index contributed by atoms with van der Waals surface area (Å²) < 4.78 is 1.84. The van der Waals surface area contributed by atoms with Gasteiger partial charge in [0.15, 0.2) is 5.82 Å². The molecule has 0 aliphatic heterocycles. The fourth-order valence-electron chi connectivity index (χ4n) is 4.27. The van der Waals surface area contributed by atoms with Gasteiger partial charge in [-0.3, -0.25) is 4.68 Å². The molecule has 0 spiro atoms. The second-order valence-corrected chi connectivity index (χ2v) is 8.23. The Morgan fingerprint density at radius 3 is 2.48 bits per heavy atom. The third-order valence-electron chi connectivity index (χ3n) is 5.98. The maximum Gasteiger partial charge on any atom is 0.181 e. The molecule has 3 aromatic carbocycles. The molecule has 0 saturated heterocycles. The van der Waals surface area contributed by atoms with Crippen molar-refractivity contribution in [1.82, 2.24) is 19.7 Å². The van der Waals surface area contributed by atoms with Crippen LogP contribution in [0.25, 0.3) is 22.2 Å². The number of hydrogen-bond donors (Lipinski definition) is 2. The van der Waals surface area contributed by atoms with Gasteiger partial charge in [0.25, 0.3) is 0 Å². The first-order valence-electron chi connectivity index (χ1n) is 11.0. The molecule has 2 heterocycles. The van der Waals surface area contributed by atoms with Crippen LogP contribution in [0.15, 0.2) is 78.9 Å². The number of nitrogens with zero attached hydrogens (tertiary/aromatic N) is 4. The quantitative estimate of drug-likeness (QED) is 0.382. The zero-order valence-electron chi connectivity index (χ0n) is 18.7. The number of aryl methyl sites for hydroxylation is 2. The van der Waals surface area contributed by atoms with Crippen molar-refractivity contribution in [2.75, 3.05) is 11.5 Å². The van der Waals surface area contributed by atoms with Gasteiger partial charge in [0.1, 0.15) is 11.6 Å². The standard InChI is InChI=1S/C27H26N6/c1-3-17-8-7-11-19(14-17)24(23-16-20-15-21(28)12-13-22(20)25(29)30-23)27-31-26(32-33(27)2)18-9-5-4-6-10-18/h4-16,24H,3,28H2,1-2H3,(H2,29,30). The lowest BCUT2D eigenvalue weighted by Crippen LogP contribution is -2.13. The second-order valence-electron chi connectivity index (χ2n) is 8.23. The molecule has 0 bridgehead atoms. The van der Waals surface area contributed by atoms with E-state index in [1.165, 1.54) is 5.56 Å². The van der Waals surface area contributed by atoms with Crippen molar-refractivity contribution >= 4 is 22.3 Å². The number of fused-ring (bicyclic) bond motifs is 1. The topological polar surface area (TPSA) is 95.6 Å². The third kappa shape index (κ3) is 3.91. The molecule has 0 aliphatic rings. The summed E-state index contributed by atoms with van der Waals surface area (Å²) in [6.45, 7) is 2.15. The fraction of sp³-hybridized carbons (Fsp3) is 0.148. The minimum atomic E-state index is -0.236. The molecule has 164 valence electrons. The van der Waals surface area contributed by atoms with Gasteiger partial charge in [0.2, 0.25) is 0 Å². The number of aromatic nitrogens is 4. The van der Waals surface area contributed by atoms with Crippen molar-refractivity contribution in [3.8, 4) is 11.4 Å². The molecule has 0 aliphatic carbocycles. The highest BCUT2D eigenvalue weighted by molar-refractivity contribution is 5.93. The Morgan fingerprint density at radius 1 is 0.879 bits per heavy atom. The molecule has 5 rings (SSSR count). The molecule has 4 N–H and O–H groups in total. The lowest BCUT2D eigenvalue weighted by Gasteiger charge is -2.18. The fourth-order valence-corrected chi connectivity index (χ4v) is 4.27. The van der Waals surface area contributed by atoms with Crippen LogP contribution in [0.3, 0.4) is 0 Å². The van der Waals surface area contributed by atoms with E-state index < -0.39 is 0 Å². The molecule has 0 fully saturated rings. The van der Waals surface area contributed by atoms with Crippen molar-refractivity contribution in [3.05, 3.63) is 102 Å². The summed E-state index contributed by atoms with van der Waals surface area (Å²) in [7, 11) is 1.92.